The van der Waals surface area contributed by atoms with Gasteiger partial charge < -0.3 is 4.74 Å². The number of anilines is 1. The first kappa shape index (κ1) is 22.3. The zero-order valence-corrected chi connectivity index (χ0v) is 19.3. The van der Waals surface area contributed by atoms with Crippen LogP contribution in [0, 0.1) is 5.82 Å². The van der Waals surface area contributed by atoms with Crippen LogP contribution in [0.2, 0.25) is 10.0 Å². The number of nitrogens with zero attached hydrogens (tertiary/aromatic N) is 5. The molecule has 164 valence electrons. The van der Waals surface area contributed by atoms with E-state index in [4.69, 9.17) is 27.9 Å². The largest absolute Gasteiger partial charge is 0.470 e. The first-order valence-electron chi connectivity index (χ1n) is 9.14. The average Bonchev–Trinajstić information content (AvgIpc) is 3.40. The van der Waals surface area contributed by atoms with Crippen LogP contribution in [-0.4, -0.2) is 30.5 Å². The molecule has 8 nitrogen and oxygen atoms in total. The Bertz CT molecular complexity index is 1260. The predicted octanol–water partition coefficient (Wildman–Crippen LogP) is 5.02. The van der Waals surface area contributed by atoms with E-state index in [-0.39, 0.29) is 35.5 Å². The van der Waals surface area contributed by atoms with Crippen molar-refractivity contribution in [3.63, 3.8) is 0 Å². The third kappa shape index (κ3) is 5.26. The van der Waals surface area contributed by atoms with Gasteiger partial charge in [0.2, 0.25) is 5.95 Å². The molecule has 2 heterocycles. The summed E-state index contributed by atoms with van der Waals surface area (Å²) in [5.41, 5.74) is 0.422. The summed E-state index contributed by atoms with van der Waals surface area (Å²) in [6.45, 7) is 0.129. The number of aromatic nitrogens is 5. The van der Waals surface area contributed by atoms with E-state index >= 15 is 0 Å². The molecule has 1 amide bonds. The number of carbonyl (C=O) groups is 1. The van der Waals surface area contributed by atoms with Gasteiger partial charge >= 0.3 is 0 Å². The van der Waals surface area contributed by atoms with Crippen LogP contribution in [0.3, 0.4) is 0 Å². The zero-order chi connectivity index (χ0) is 22.7. The fourth-order valence-electron chi connectivity index (χ4n) is 2.72. The van der Waals surface area contributed by atoms with Crippen LogP contribution >= 0.6 is 39.1 Å². The normalized spacial score (nSPS) is 10.9. The summed E-state index contributed by atoms with van der Waals surface area (Å²) < 4.78 is 23.2. The molecule has 0 saturated heterocycles. The number of ether oxygens (including phenoxy) is 1. The molecule has 2 aromatic carbocycles. The van der Waals surface area contributed by atoms with Crippen molar-refractivity contribution in [2.45, 2.75) is 13.3 Å². The van der Waals surface area contributed by atoms with Gasteiger partial charge in [-0.05, 0) is 36.4 Å². The Morgan fingerprint density at radius 3 is 2.75 bits per heavy atom. The van der Waals surface area contributed by atoms with Crippen LogP contribution in [0.15, 0.2) is 59.5 Å². The zero-order valence-electron chi connectivity index (χ0n) is 16.2. The molecule has 0 radical (unpaired) electrons. The molecule has 2 aromatic heterocycles. The van der Waals surface area contributed by atoms with E-state index in [1.54, 1.807) is 30.5 Å². The minimum absolute atomic E-state index is 0.0508. The second kappa shape index (κ2) is 9.68. The molecule has 4 aromatic rings. The minimum atomic E-state index is -0.507. The molecular weight excluding hydrogens is 526 g/mol. The molecule has 12 heteroatoms. The average molecular weight is 540 g/mol. The van der Waals surface area contributed by atoms with E-state index in [2.05, 4.69) is 36.4 Å². The first-order chi connectivity index (χ1) is 15.4. The van der Waals surface area contributed by atoms with Gasteiger partial charge in [-0.15, -0.1) is 5.10 Å². The van der Waals surface area contributed by atoms with E-state index in [1.165, 1.54) is 33.9 Å². The van der Waals surface area contributed by atoms with Gasteiger partial charge in [0, 0.05) is 21.3 Å². The molecule has 0 spiro atoms. The smallest absolute Gasteiger partial charge is 0.278 e. The van der Waals surface area contributed by atoms with E-state index in [1.807, 2.05) is 0 Å². The maximum absolute atomic E-state index is 13.9. The van der Waals surface area contributed by atoms with E-state index in [9.17, 15) is 9.18 Å². The van der Waals surface area contributed by atoms with Gasteiger partial charge in [0.25, 0.3) is 5.91 Å². The summed E-state index contributed by atoms with van der Waals surface area (Å²) in [4.78, 5) is 16.5. The maximum atomic E-state index is 13.9. The summed E-state index contributed by atoms with van der Waals surface area (Å²) in [6.07, 6.45) is 2.96. The topological polar surface area (TPSA) is 86.9 Å². The van der Waals surface area contributed by atoms with Crippen LogP contribution < -0.4 is 10.1 Å². The van der Waals surface area contributed by atoms with Gasteiger partial charge in [0.1, 0.15) is 17.9 Å². The molecule has 1 N–H and O–H groups in total. The van der Waals surface area contributed by atoms with Crippen molar-refractivity contribution >= 4 is 51.0 Å². The quantitative estimate of drug-likeness (QED) is 0.356. The summed E-state index contributed by atoms with van der Waals surface area (Å²) in [5.74, 6) is -0.418. The molecule has 0 unspecified atom stereocenters. The number of nitrogens with one attached hydrogen (secondary N) is 1. The Labute approximate surface area is 200 Å². The minimum Gasteiger partial charge on any atom is -0.470 e. The van der Waals surface area contributed by atoms with Crippen molar-refractivity contribution in [1.82, 2.24) is 24.5 Å². The molecule has 0 aliphatic heterocycles. The standard InChI is InChI=1S/C20H14BrCl2FN6O2/c21-12-4-5-18(15(23)8-12)32-11-29-7-6-17(27-29)19(31)26-20-25-10-30(28-20)9-13-14(22)2-1-3-16(13)24/h1-8,10H,9,11H2,(H,26,28,31). The second-order valence-electron chi connectivity index (χ2n) is 6.51. The van der Waals surface area contributed by atoms with E-state index in [0.29, 0.717) is 10.8 Å². The van der Waals surface area contributed by atoms with Crippen molar-refractivity contribution in [3.05, 3.63) is 86.6 Å². The lowest BCUT2D eigenvalue weighted by atomic mass is 10.2. The number of hydrogen-bond donors (Lipinski definition) is 1. The summed E-state index contributed by atoms with van der Waals surface area (Å²) in [7, 11) is 0. The van der Waals surface area contributed by atoms with Crippen LogP contribution in [-0.2, 0) is 13.3 Å². The Hall–Kier alpha value is -2.95. The summed E-state index contributed by atoms with van der Waals surface area (Å²) in [5, 5.41) is 11.6. The highest BCUT2D eigenvalue weighted by atomic mass is 79.9. The molecule has 0 aliphatic carbocycles. The highest BCUT2D eigenvalue weighted by Crippen LogP contribution is 2.28. The lowest BCUT2D eigenvalue weighted by Crippen LogP contribution is -2.15. The molecular formula is C20H14BrCl2FN6O2. The Morgan fingerprint density at radius 2 is 1.97 bits per heavy atom. The third-order valence-corrected chi connectivity index (χ3v) is 5.41. The van der Waals surface area contributed by atoms with Crippen molar-refractivity contribution in [1.29, 1.82) is 0 Å². The van der Waals surface area contributed by atoms with Gasteiger partial charge in [-0.2, -0.15) is 5.10 Å². The molecule has 4 rings (SSSR count). The monoisotopic (exact) mass is 538 g/mol. The SMILES string of the molecule is O=C(Nc1ncn(Cc2c(F)cccc2Cl)n1)c1ccn(COc2ccc(Br)cc2Cl)n1. The van der Waals surface area contributed by atoms with Crippen molar-refractivity contribution in [2.24, 2.45) is 0 Å². The van der Waals surface area contributed by atoms with Crippen LogP contribution in [0.5, 0.6) is 5.75 Å². The highest BCUT2D eigenvalue weighted by Gasteiger charge is 2.14. The Kier molecular flexibility index (Phi) is 6.73. The fourth-order valence-corrected chi connectivity index (χ4v) is 3.67. The second-order valence-corrected chi connectivity index (χ2v) is 8.24. The van der Waals surface area contributed by atoms with Crippen LogP contribution in [0.25, 0.3) is 0 Å². The Morgan fingerprint density at radius 1 is 1.12 bits per heavy atom. The number of rotatable bonds is 7. The van der Waals surface area contributed by atoms with Crippen molar-refractivity contribution in [3.8, 4) is 5.75 Å². The van der Waals surface area contributed by atoms with Gasteiger partial charge in [-0.1, -0.05) is 45.2 Å². The molecule has 0 aliphatic rings. The van der Waals surface area contributed by atoms with Crippen LogP contribution in [0.1, 0.15) is 16.1 Å². The molecule has 0 fully saturated rings. The van der Waals surface area contributed by atoms with Gasteiger partial charge in [-0.25, -0.2) is 18.7 Å². The lowest BCUT2D eigenvalue weighted by Gasteiger charge is -2.08. The molecule has 0 saturated carbocycles. The van der Waals surface area contributed by atoms with E-state index < -0.39 is 11.7 Å². The number of amides is 1. The van der Waals surface area contributed by atoms with E-state index in [0.717, 1.165) is 4.47 Å². The van der Waals surface area contributed by atoms with Gasteiger partial charge in [0.05, 0.1) is 11.6 Å². The first-order valence-corrected chi connectivity index (χ1v) is 10.7. The molecule has 32 heavy (non-hydrogen) atoms. The molecule has 0 atom stereocenters. The predicted molar refractivity (Wildman–Crippen MR) is 120 cm³/mol. The lowest BCUT2D eigenvalue weighted by molar-refractivity contribution is 0.101. The number of benzene rings is 2. The highest BCUT2D eigenvalue weighted by molar-refractivity contribution is 9.10. The summed E-state index contributed by atoms with van der Waals surface area (Å²) >= 11 is 15.5. The number of hydrogen-bond acceptors (Lipinski definition) is 5. The van der Waals surface area contributed by atoms with Crippen molar-refractivity contribution < 1.29 is 13.9 Å². The fraction of sp³-hybridized carbons (Fsp3) is 0.100. The van der Waals surface area contributed by atoms with Gasteiger partial charge in [0.15, 0.2) is 12.4 Å². The van der Waals surface area contributed by atoms with Crippen LogP contribution in [0.4, 0.5) is 10.3 Å². The molecule has 0 bridgehead atoms. The number of carbonyl (C=O) groups excluding carboxylic acids is 1. The Balaban J connectivity index is 1.36. The van der Waals surface area contributed by atoms with Gasteiger partial charge in [-0.3, -0.25) is 10.1 Å². The maximum Gasteiger partial charge on any atom is 0.278 e. The number of halogens is 4. The summed E-state index contributed by atoms with van der Waals surface area (Å²) in [6, 6.07) is 11.2. The third-order valence-electron chi connectivity index (χ3n) is 4.26. The van der Waals surface area contributed by atoms with Crippen molar-refractivity contribution in [2.75, 3.05) is 5.32 Å².